The quantitative estimate of drug-likeness (QED) is 0.607. The van der Waals surface area contributed by atoms with Crippen LogP contribution in [0.3, 0.4) is 0 Å². The van der Waals surface area contributed by atoms with Crippen LogP contribution in [0.25, 0.3) is 0 Å². The standard InChI is InChI=1S/C10H21N/c1-4-5-6-10(7-8-11)9(2)3/h6,9H,4-5,7-8,11H2,1-3H3/b10-6+. The van der Waals surface area contributed by atoms with Crippen molar-refractivity contribution >= 4 is 0 Å². The number of unbranched alkanes of at least 4 members (excludes halogenated alkanes) is 1. The van der Waals surface area contributed by atoms with Gasteiger partial charge in [0.1, 0.15) is 0 Å². The zero-order valence-corrected chi connectivity index (χ0v) is 8.06. The lowest BCUT2D eigenvalue weighted by molar-refractivity contribution is 0.704. The molecule has 2 N–H and O–H groups in total. The minimum atomic E-state index is 0.671. The van der Waals surface area contributed by atoms with Gasteiger partial charge >= 0.3 is 0 Å². The minimum Gasteiger partial charge on any atom is -0.330 e. The molecule has 1 nitrogen and oxygen atoms in total. The maximum atomic E-state index is 5.50. The molecule has 0 aromatic heterocycles. The second-order valence-electron chi connectivity index (χ2n) is 3.26. The Morgan fingerprint density at radius 3 is 2.45 bits per heavy atom. The number of nitrogens with two attached hydrogens (primary N) is 1. The van der Waals surface area contributed by atoms with Crippen LogP contribution in [-0.4, -0.2) is 6.54 Å². The summed E-state index contributed by atoms with van der Waals surface area (Å²) >= 11 is 0. The van der Waals surface area contributed by atoms with Gasteiger partial charge in [-0.05, 0) is 25.3 Å². The molecule has 11 heavy (non-hydrogen) atoms. The van der Waals surface area contributed by atoms with E-state index in [-0.39, 0.29) is 0 Å². The van der Waals surface area contributed by atoms with Crippen LogP contribution in [0.5, 0.6) is 0 Å². The number of allylic oxidation sites excluding steroid dienone is 1. The molecule has 0 aromatic carbocycles. The Bertz CT molecular complexity index is 114. The Morgan fingerprint density at radius 2 is 2.09 bits per heavy atom. The predicted molar refractivity (Wildman–Crippen MR) is 51.5 cm³/mol. The van der Waals surface area contributed by atoms with Crippen LogP contribution < -0.4 is 5.73 Å². The van der Waals surface area contributed by atoms with Gasteiger partial charge < -0.3 is 5.73 Å². The van der Waals surface area contributed by atoms with Crippen LogP contribution in [0.1, 0.15) is 40.0 Å². The van der Waals surface area contributed by atoms with Crippen molar-refractivity contribution in [3.8, 4) is 0 Å². The Balaban J connectivity index is 3.86. The monoisotopic (exact) mass is 155 g/mol. The van der Waals surface area contributed by atoms with Crippen LogP contribution in [0, 0.1) is 5.92 Å². The Hall–Kier alpha value is -0.300. The van der Waals surface area contributed by atoms with Gasteiger partial charge in [-0.2, -0.15) is 0 Å². The maximum absolute atomic E-state index is 5.50. The molecule has 0 aromatic rings. The summed E-state index contributed by atoms with van der Waals surface area (Å²) in [6.45, 7) is 7.46. The van der Waals surface area contributed by atoms with Gasteiger partial charge in [0.2, 0.25) is 0 Å². The Morgan fingerprint density at radius 1 is 1.45 bits per heavy atom. The third-order valence-electron chi connectivity index (χ3n) is 1.87. The van der Waals surface area contributed by atoms with E-state index in [0.717, 1.165) is 13.0 Å². The molecular weight excluding hydrogens is 134 g/mol. The van der Waals surface area contributed by atoms with Crippen molar-refractivity contribution in [3.63, 3.8) is 0 Å². The van der Waals surface area contributed by atoms with Crippen LogP contribution >= 0.6 is 0 Å². The van der Waals surface area contributed by atoms with Crippen molar-refractivity contribution in [1.29, 1.82) is 0 Å². The van der Waals surface area contributed by atoms with E-state index in [1.54, 1.807) is 0 Å². The Labute approximate surface area is 70.7 Å². The molecule has 0 unspecified atom stereocenters. The van der Waals surface area contributed by atoms with E-state index >= 15 is 0 Å². The van der Waals surface area contributed by atoms with Crippen LogP contribution in [-0.2, 0) is 0 Å². The van der Waals surface area contributed by atoms with Crippen LogP contribution in [0.2, 0.25) is 0 Å². The highest BCUT2D eigenvalue weighted by atomic mass is 14.5. The van der Waals surface area contributed by atoms with E-state index < -0.39 is 0 Å². The van der Waals surface area contributed by atoms with Crippen molar-refractivity contribution in [3.05, 3.63) is 11.6 Å². The zero-order valence-electron chi connectivity index (χ0n) is 8.06. The first-order valence-electron chi connectivity index (χ1n) is 4.61. The summed E-state index contributed by atoms with van der Waals surface area (Å²) in [6.07, 6.45) is 5.85. The largest absolute Gasteiger partial charge is 0.330 e. The van der Waals surface area contributed by atoms with Crippen molar-refractivity contribution < 1.29 is 0 Å². The summed E-state index contributed by atoms with van der Waals surface area (Å²) in [4.78, 5) is 0. The molecule has 66 valence electrons. The first kappa shape index (κ1) is 10.7. The minimum absolute atomic E-state index is 0.671. The van der Waals surface area contributed by atoms with Gasteiger partial charge in [-0.1, -0.05) is 38.8 Å². The van der Waals surface area contributed by atoms with Crippen molar-refractivity contribution in [2.75, 3.05) is 6.54 Å². The molecule has 0 amide bonds. The fourth-order valence-corrected chi connectivity index (χ4v) is 1.12. The molecule has 0 fully saturated rings. The third-order valence-corrected chi connectivity index (χ3v) is 1.87. The van der Waals surface area contributed by atoms with Crippen molar-refractivity contribution in [2.24, 2.45) is 11.7 Å². The molecule has 0 aliphatic heterocycles. The average molecular weight is 155 g/mol. The van der Waals surface area contributed by atoms with Gasteiger partial charge in [0.15, 0.2) is 0 Å². The highest BCUT2D eigenvalue weighted by Crippen LogP contribution is 2.14. The molecule has 0 rings (SSSR count). The number of rotatable bonds is 5. The Kier molecular flexibility index (Phi) is 6.24. The van der Waals surface area contributed by atoms with Crippen molar-refractivity contribution in [1.82, 2.24) is 0 Å². The first-order valence-corrected chi connectivity index (χ1v) is 4.61. The molecule has 0 spiro atoms. The fourth-order valence-electron chi connectivity index (χ4n) is 1.12. The lowest BCUT2D eigenvalue weighted by Gasteiger charge is -2.09. The van der Waals surface area contributed by atoms with Gasteiger partial charge in [0, 0.05) is 0 Å². The molecule has 0 saturated heterocycles. The van der Waals surface area contributed by atoms with Crippen molar-refractivity contribution in [2.45, 2.75) is 40.0 Å². The molecule has 0 radical (unpaired) electrons. The van der Waals surface area contributed by atoms with Crippen LogP contribution in [0.4, 0.5) is 0 Å². The summed E-state index contributed by atoms with van der Waals surface area (Å²) in [5.41, 5.74) is 7.02. The average Bonchev–Trinajstić information content (AvgIpc) is 1.97. The smallest absolute Gasteiger partial charge is 0.00398 e. The highest BCUT2D eigenvalue weighted by Gasteiger charge is 2.00. The molecule has 0 aliphatic rings. The summed E-state index contributed by atoms with van der Waals surface area (Å²) < 4.78 is 0. The number of hydrogen-bond acceptors (Lipinski definition) is 1. The molecule has 1 heteroatoms. The zero-order chi connectivity index (χ0) is 8.69. The maximum Gasteiger partial charge on any atom is -0.00398 e. The third kappa shape index (κ3) is 5.02. The van der Waals surface area contributed by atoms with E-state index in [1.165, 1.54) is 18.4 Å². The van der Waals surface area contributed by atoms with E-state index in [9.17, 15) is 0 Å². The van der Waals surface area contributed by atoms with E-state index in [4.69, 9.17) is 5.73 Å². The molecule has 0 aliphatic carbocycles. The number of hydrogen-bond donors (Lipinski definition) is 1. The van der Waals surface area contributed by atoms with Gasteiger partial charge in [0.25, 0.3) is 0 Å². The summed E-state index contributed by atoms with van der Waals surface area (Å²) in [5.74, 6) is 0.671. The van der Waals surface area contributed by atoms with Crippen LogP contribution in [0.15, 0.2) is 11.6 Å². The summed E-state index contributed by atoms with van der Waals surface area (Å²) in [5, 5.41) is 0. The lowest BCUT2D eigenvalue weighted by atomic mass is 9.98. The van der Waals surface area contributed by atoms with Gasteiger partial charge in [-0.15, -0.1) is 0 Å². The predicted octanol–water partition coefficient (Wildman–Crippen LogP) is 2.72. The SMILES string of the molecule is CCC/C=C(\CCN)C(C)C. The summed E-state index contributed by atoms with van der Waals surface area (Å²) in [7, 11) is 0. The second-order valence-corrected chi connectivity index (χ2v) is 3.26. The highest BCUT2D eigenvalue weighted by molar-refractivity contribution is 5.04. The van der Waals surface area contributed by atoms with E-state index in [0.29, 0.717) is 5.92 Å². The lowest BCUT2D eigenvalue weighted by Crippen LogP contribution is -2.04. The molecule has 0 atom stereocenters. The molecule has 0 heterocycles. The normalized spacial score (nSPS) is 12.6. The molecule has 0 bridgehead atoms. The second kappa shape index (κ2) is 6.41. The molecule has 0 saturated carbocycles. The van der Waals surface area contributed by atoms with Gasteiger partial charge in [-0.25, -0.2) is 0 Å². The first-order chi connectivity index (χ1) is 5.22. The van der Waals surface area contributed by atoms with Gasteiger partial charge in [-0.3, -0.25) is 0 Å². The van der Waals surface area contributed by atoms with E-state index in [2.05, 4.69) is 26.8 Å². The molecular formula is C10H21N. The van der Waals surface area contributed by atoms with E-state index in [1.807, 2.05) is 0 Å². The summed E-state index contributed by atoms with van der Waals surface area (Å²) in [6, 6.07) is 0. The fraction of sp³-hybridized carbons (Fsp3) is 0.800. The van der Waals surface area contributed by atoms with Gasteiger partial charge in [0.05, 0.1) is 0 Å². The topological polar surface area (TPSA) is 26.0 Å².